The predicted molar refractivity (Wildman–Crippen MR) is 81.9 cm³/mol. The lowest BCUT2D eigenvalue weighted by Gasteiger charge is -2.45. The van der Waals surface area contributed by atoms with Gasteiger partial charge in [0.2, 0.25) is 0 Å². The Morgan fingerprint density at radius 3 is 2.67 bits per heavy atom. The first kappa shape index (κ1) is 13.4. The molecular weight excluding hydrogens is 260 g/mol. The first-order valence-corrected chi connectivity index (χ1v) is 8.31. The second kappa shape index (κ2) is 4.59. The molecule has 2 heteroatoms. The van der Waals surface area contributed by atoms with Gasteiger partial charge < -0.3 is 4.74 Å². The van der Waals surface area contributed by atoms with Gasteiger partial charge in [-0.15, -0.1) is 0 Å². The van der Waals surface area contributed by atoms with Crippen molar-refractivity contribution in [2.75, 3.05) is 7.11 Å². The highest BCUT2D eigenvalue weighted by atomic mass is 16.5. The minimum absolute atomic E-state index is 0.0510. The highest BCUT2D eigenvalue weighted by Gasteiger charge is 2.60. The standard InChI is InChI=1S/C19H24O2/c1-21-17(20)18-9-5-6-14-10-19(13-18,12-15(14)11-18)16-7-3-2-4-8-16/h2-4,7-8,14-15H,5-6,9-13H2,1H3. The number of hydrogen-bond donors (Lipinski definition) is 0. The topological polar surface area (TPSA) is 26.3 Å². The van der Waals surface area contributed by atoms with Gasteiger partial charge in [0.1, 0.15) is 0 Å². The third kappa shape index (κ3) is 1.88. The number of carbonyl (C=O) groups is 1. The molecule has 0 heterocycles. The van der Waals surface area contributed by atoms with E-state index in [0.717, 1.165) is 31.1 Å². The molecule has 4 atom stereocenters. The molecule has 3 bridgehead atoms. The quantitative estimate of drug-likeness (QED) is 0.765. The van der Waals surface area contributed by atoms with Crippen LogP contribution in [0.3, 0.4) is 0 Å². The molecule has 1 aromatic carbocycles. The molecule has 112 valence electrons. The Kier molecular flexibility index (Phi) is 2.92. The molecule has 3 fully saturated rings. The van der Waals surface area contributed by atoms with Crippen molar-refractivity contribution in [2.24, 2.45) is 17.3 Å². The Balaban J connectivity index is 1.79. The number of esters is 1. The zero-order valence-electron chi connectivity index (χ0n) is 12.8. The summed E-state index contributed by atoms with van der Waals surface area (Å²) in [5, 5.41) is 0. The molecule has 3 saturated carbocycles. The summed E-state index contributed by atoms with van der Waals surface area (Å²) in [4.78, 5) is 12.6. The molecule has 2 nitrogen and oxygen atoms in total. The molecule has 0 aromatic heterocycles. The second-order valence-electron chi connectivity index (χ2n) is 7.62. The number of rotatable bonds is 2. The number of carbonyl (C=O) groups excluding carboxylic acids is 1. The van der Waals surface area contributed by atoms with E-state index >= 15 is 0 Å². The average molecular weight is 284 g/mol. The first-order valence-electron chi connectivity index (χ1n) is 8.31. The van der Waals surface area contributed by atoms with Crippen LogP contribution in [0.4, 0.5) is 0 Å². The fourth-order valence-electron chi connectivity index (χ4n) is 5.86. The number of benzene rings is 1. The molecule has 0 spiro atoms. The Labute approximate surface area is 126 Å². The van der Waals surface area contributed by atoms with Crippen LogP contribution in [0.15, 0.2) is 30.3 Å². The fourth-order valence-corrected chi connectivity index (χ4v) is 5.86. The Hall–Kier alpha value is -1.31. The van der Waals surface area contributed by atoms with E-state index in [-0.39, 0.29) is 16.8 Å². The van der Waals surface area contributed by atoms with Crippen molar-refractivity contribution in [3.05, 3.63) is 35.9 Å². The molecule has 4 unspecified atom stereocenters. The van der Waals surface area contributed by atoms with E-state index in [9.17, 15) is 4.79 Å². The van der Waals surface area contributed by atoms with Gasteiger partial charge in [0.25, 0.3) is 0 Å². The van der Waals surface area contributed by atoms with Crippen LogP contribution in [0.1, 0.15) is 50.5 Å². The molecule has 4 rings (SSSR count). The third-order valence-electron chi connectivity index (χ3n) is 6.54. The summed E-state index contributed by atoms with van der Waals surface area (Å²) in [6, 6.07) is 10.9. The lowest BCUT2D eigenvalue weighted by Crippen LogP contribution is -2.43. The minimum atomic E-state index is -0.210. The molecule has 0 N–H and O–H groups in total. The van der Waals surface area contributed by atoms with Crippen LogP contribution in [0.2, 0.25) is 0 Å². The van der Waals surface area contributed by atoms with Crippen LogP contribution in [-0.4, -0.2) is 13.1 Å². The summed E-state index contributed by atoms with van der Waals surface area (Å²) in [5.41, 5.74) is 1.47. The highest BCUT2D eigenvalue weighted by Crippen LogP contribution is 2.65. The van der Waals surface area contributed by atoms with Gasteiger partial charge in [-0.25, -0.2) is 0 Å². The van der Waals surface area contributed by atoms with Crippen molar-refractivity contribution in [2.45, 2.75) is 50.4 Å². The van der Waals surface area contributed by atoms with Gasteiger partial charge in [0, 0.05) is 0 Å². The van der Waals surface area contributed by atoms with Gasteiger partial charge >= 0.3 is 5.97 Å². The number of ether oxygens (including phenoxy) is 1. The monoisotopic (exact) mass is 284 g/mol. The predicted octanol–water partition coefficient (Wildman–Crippen LogP) is 4.09. The highest BCUT2D eigenvalue weighted by molar-refractivity contribution is 5.77. The van der Waals surface area contributed by atoms with Crippen LogP contribution in [0.25, 0.3) is 0 Å². The maximum Gasteiger partial charge on any atom is 0.311 e. The summed E-state index contributed by atoms with van der Waals surface area (Å²) >= 11 is 0. The maximum absolute atomic E-state index is 12.6. The van der Waals surface area contributed by atoms with Gasteiger partial charge in [-0.2, -0.15) is 0 Å². The Morgan fingerprint density at radius 1 is 1.14 bits per heavy atom. The Bertz CT molecular complexity index is 552. The SMILES string of the molecule is COC(=O)C12CCCC3CC(c4ccccc4)(CC3C1)C2. The van der Waals surface area contributed by atoms with Gasteiger partial charge in [-0.1, -0.05) is 43.2 Å². The number of methoxy groups -OCH3 is 1. The van der Waals surface area contributed by atoms with Crippen molar-refractivity contribution < 1.29 is 9.53 Å². The minimum Gasteiger partial charge on any atom is -0.469 e. The zero-order valence-corrected chi connectivity index (χ0v) is 12.8. The molecular formula is C19H24O2. The summed E-state index contributed by atoms with van der Waals surface area (Å²) in [6.07, 6.45) is 8.16. The molecule has 21 heavy (non-hydrogen) atoms. The van der Waals surface area contributed by atoms with Crippen LogP contribution in [0, 0.1) is 17.3 Å². The van der Waals surface area contributed by atoms with Crippen molar-refractivity contribution >= 4 is 5.97 Å². The second-order valence-corrected chi connectivity index (χ2v) is 7.62. The van der Waals surface area contributed by atoms with Crippen LogP contribution >= 0.6 is 0 Å². The molecule has 0 radical (unpaired) electrons. The van der Waals surface area contributed by atoms with Crippen molar-refractivity contribution in [3.8, 4) is 0 Å². The first-order chi connectivity index (χ1) is 10.2. The molecule has 3 aliphatic rings. The van der Waals surface area contributed by atoms with E-state index in [1.807, 2.05) is 0 Å². The molecule has 0 aliphatic heterocycles. The van der Waals surface area contributed by atoms with E-state index in [2.05, 4.69) is 30.3 Å². The van der Waals surface area contributed by atoms with E-state index in [4.69, 9.17) is 4.74 Å². The normalized spacial score (nSPS) is 40.8. The third-order valence-corrected chi connectivity index (χ3v) is 6.54. The Morgan fingerprint density at radius 2 is 1.90 bits per heavy atom. The van der Waals surface area contributed by atoms with Gasteiger partial charge in [0.15, 0.2) is 0 Å². The van der Waals surface area contributed by atoms with E-state index in [0.29, 0.717) is 0 Å². The molecule has 0 saturated heterocycles. The van der Waals surface area contributed by atoms with Crippen LogP contribution in [-0.2, 0) is 14.9 Å². The van der Waals surface area contributed by atoms with E-state index in [1.165, 1.54) is 31.2 Å². The smallest absolute Gasteiger partial charge is 0.311 e. The molecule has 1 aromatic rings. The van der Waals surface area contributed by atoms with Gasteiger partial charge in [-0.3, -0.25) is 4.79 Å². The lowest BCUT2D eigenvalue weighted by molar-refractivity contribution is -0.157. The maximum atomic E-state index is 12.6. The lowest BCUT2D eigenvalue weighted by atomic mass is 9.59. The fraction of sp³-hybridized carbons (Fsp3) is 0.632. The summed E-state index contributed by atoms with van der Waals surface area (Å²) in [5.74, 6) is 1.59. The summed E-state index contributed by atoms with van der Waals surface area (Å²) < 4.78 is 5.23. The van der Waals surface area contributed by atoms with E-state index < -0.39 is 0 Å². The number of fused-ring (bicyclic) bond motifs is 2. The largest absolute Gasteiger partial charge is 0.469 e. The average Bonchev–Trinajstić information content (AvgIpc) is 2.71. The van der Waals surface area contributed by atoms with Crippen molar-refractivity contribution in [3.63, 3.8) is 0 Å². The summed E-state index contributed by atoms with van der Waals surface area (Å²) in [7, 11) is 1.56. The van der Waals surface area contributed by atoms with Crippen LogP contribution in [0.5, 0.6) is 0 Å². The zero-order chi connectivity index (χ0) is 14.5. The number of hydrogen-bond acceptors (Lipinski definition) is 2. The van der Waals surface area contributed by atoms with Crippen molar-refractivity contribution in [1.29, 1.82) is 0 Å². The van der Waals surface area contributed by atoms with Gasteiger partial charge in [0.05, 0.1) is 12.5 Å². The van der Waals surface area contributed by atoms with Crippen LogP contribution < -0.4 is 0 Å². The van der Waals surface area contributed by atoms with E-state index in [1.54, 1.807) is 7.11 Å². The summed E-state index contributed by atoms with van der Waals surface area (Å²) in [6.45, 7) is 0. The molecule has 0 amide bonds. The van der Waals surface area contributed by atoms with Crippen molar-refractivity contribution in [1.82, 2.24) is 0 Å². The molecule has 3 aliphatic carbocycles. The van der Waals surface area contributed by atoms with Gasteiger partial charge in [-0.05, 0) is 54.9 Å².